The summed E-state index contributed by atoms with van der Waals surface area (Å²) in [4.78, 5) is 15.8. The number of nitrogens with two attached hydrogens (primary N) is 1. The number of halogens is 1. The summed E-state index contributed by atoms with van der Waals surface area (Å²) in [5.74, 6) is 5.87. The summed E-state index contributed by atoms with van der Waals surface area (Å²) in [6.45, 7) is 0.666. The molecule has 21 heavy (non-hydrogen) atoms. The lowest BCUT2D eigenvalue weighted by molar-refractivity contribution is 0.0954. The Morgan fingerprint density at radius 2 is 2.33 bits per heavy atom. The first-order chi connectivity index (χ1) is 10.2. The maximum Gasteiger partial charge on any atom is 0.251 e. The van der Waals surface area contributed by atoms with Crippen LogP contribution in [0.3, 0.4) is 0 Å². The number of carbonyl (C=O) groups excluding carboxylic acids is 1. The Bertz CT molecular complexity index is 674. The van der Waals surface area contributed by atoms with Gasteiger partial charge in [0.25, 0.3) is 5.91 Å². The number of amides is 1. The highest BCUT2D eigenvalue weighted by molar-refractivity contribution is 6.32. The molecule has 2 aromatic rings. The molecule has 0 aliphatic heterocycles. The molecule has 3 N–H and O–H groups in total. The van der Waals surface area contributed by atoms with Crippen molar-refractivity contribution in [1.29, 1.82) is 0 Å². The molecule has 0 fully saturated rings. The topological polar surface area (TPSA) is 94.0 Å². The minimum atomic E-state index is -0.223. The summed E-state index contributed by atoms with van der Waals surface area (Å²) in [6, 6.07) is 4.93. The number of hydrogen-bond donors (Lipinski definition) is 2. The van der Waals surface area contributed by atoms with Gasteiger partial charge in [0.2, 0.25) is 6.39 Å². The summed E-state index contributed by atoms with van der Waals surface area (Å²) >= 11 is 6.07. The average Bonchev–Trinajstić information content (AvgIpc) is 2.99. The first-order valence-corrected chi connectivity index (χ1v) is 6.60. The summed E-state index contributed by atoms with van der Waals surface area (Å²) in [6.07, 6.45) is 1.74. The van der Waals surface area contributed by atoms with Gasteiger partial charge in [0.1, 0.15) is 0 Å². The van der Waals surface area contributed by atoms with Crippen LogP contribution in [0.5, 0.6) is 0 Å². The van der Waals surface area contributed by atoms with E-state index in [0.29, 0.717) is 34.9 Å². The smallest absolute Gasteiger partial charge is 0.251 e. The van der Waals surface area contributed by atoms with Gasteiger partial charge in [-0.2, -0.15) is 4.98 Å². The molecule has 1 heterocycles. The van der Waals surface area contributed by atoms with Crippen molar-refractivity contribution in [2.24, 2.45) is 5.73 Å². The second-order valence-electron chi connectivity index (χ2n) is 4.05. The summed E-state index contributed by atoms with van der Waals surface area (Å²) < 4.78 is 4.60. The van der Waals surface area contributed by atoms with E-state index in [0.717, 1.165) is 0 Å². The summed E-state index contributed by atoms with van der Waals surface area (Å²) in [7, 11) is 0. The van der Waals surface area contributed by atoms with E-state index in [1.165, 1.54) is 6.39 Å². The van der Waals surface area contributed by atoms with Crippen molar-refractivity contribution < 1.29 is 9.32 Å². The van der Waals surface area contributed by atoms with E-state index in [4.69, 9.17) is 17.3 Å². The molecule has 7 heteroatoms. The zero-order chi connectivity index (χ0) is 15.1. The number of aromatic nitrogens is 2. The van der Waals surface area contributed by atoms with E-state index in [1.807, 2.05) is 0 Å². The van der Waals surface area contributed by atoms with Crippen molar-refractivity contribution in [3.8, 4) is 11.8 Å². The quantitative estimate of drug-likeness (QED) is 0.822. The highest BCUT2D eigenvalue weighted by atomic mass is 35.5. The van der Waals surface area contributed by atoms with Crippen LogP contribution in [0.2, 0.25) is 5.02 Å². The van der Waals surface area contributed by atoms with Crippen molar-refractivity contribution in [2.75, 3.05) is 13.1 Å². The molecule has 1 amide bonds. The number of carbonyl (C=O) groups is 1. The van der Waals surface area contributed by atoms with E-state index < -0.39 is 0 Å². The fourth-order valence-electron chi connectivity index (χ4n) is 1.60. The van der Waals surface area contributed by atoms with Gasteiger partial charge in [0.05, 0.1) is 11.6 Å². The minimum Gasteiger partial charge on any atom is -0.352 e. The van der Waals surface area contributed by atoms with Gasteiger partial charge in [-0.05, 0) is 18.2 Å². The van der Waals surface area contributed by atoms with Crippen LogP contribution in [-0.4, -0.2) is 29.1 Å². The predicted molar refractivity (Wildman–Crippen MR) is 77.7 cm³/mol. The molecular formula is C14H13ClN4O2. The maximum absolute atomic E-state index is 12.0. The summed E-state index contributed by atoms with van der Waals surface area (Å²) in [5.41, 5.74) is 6.41. The molecular weight excluding hydrogens is 292 g/mol. The third kappa shape index (κ3) is 4.31. The number of benzene rings is 1. The van der Waals surface area contributed by atoms with Gasteiger partial charge in [0.15, 0.2) is 5.82 Å². The molecule has 1 aromatic heterocycles. The Morgan fingerprint density at radius 3 is 3.00 bits per heavy atom. The van der Waals surface area contributed by atoms with Gasteiger partial charge < -0.3 is 15.6 Å². The highest BCUT2D eigenvalue weighted by Crippen LogP contribution is 2.17. The molecule has 0 saturated carbocycles. The van der Waals surface area contributed by atoms with Crippen molar-refractivity contribution >= 4 is 17.5 Å². The molecule has 0 unspecified atom stereocenters. The van der Waals surface area contributed by atoms with E-state index >= 15 is 0 Å². The zero-order valence-electron chi connectivity index (χ0n) is 11.1. The average molecular weight is 305 g/mol. The standard InChI is InChI=1S/C14H13ClN4O2/c15-12-8-11(4-3-10(12)2-1-6-16)14(20)17-7-5-13-18-9-21-19-13/h3-4,8-9H,5-7,16H2,(H,17,20). The predicted octanol–water partition coefficient (Wildman–Crippen LogP) is 1.01. The van der Waals surface area contributed by atoms with E-state index in [-0.39, 0.29) is 12.5 Å². The molecule has 0 atom stereocenters. The van der Waals surface area contributed by atoms with E-state index in [1.54, 1.807) is 18.2 Å². The first kappa shape index (κ1) is 15.0. The lowest BCUT2D eigenvalue weighted by Gasteiger charge is -2.05. The third-order valence-electron chi connectivity index (χ3n) is 2.60. The second-order valence-corrected chi connectivity index (χ2v) is 4.46. The number of hydrogen-bond acceptors (Lipinski definition) is 5. The van der Waals surface area contributed by atoms with Crippen LogP contribution in [-0.2, 0) is 6.42 Å². The van der Waals surface area contributed by atoms with Crippen molar-refractivity contribution in [3.05, 3.63) is 46.6 Å². The van der Waals surface area contributed by atoms with Gasteiger partial charge >= 0.3 is 0 Å². The first-order valence-electron chi connectivity index (χ1n) is 6.22. The monoisotopic (exact) mass is 304 g/mol. The fraction of sp³-hybridized carbons (Fsp3) is 0.214. The SMILES string of the molecule is NCC#Cc1ccc(C(=O)NCCc2ncon2)cc1Cl. The minimum absolute atomic E-state index is 0.223. The number of rotatable bonds is 4. The number of nitrogens with zero attached hydrogens (tertiary/aromatic N) is 2. The Labute approximate surface area is 126 Å². The largest absolute Gasteiger partial charge is 0.352 e. The van der Waals surface area contributed by atoms with Crippen molar-refractivity contribution in [3.63, 3.8) is 0 Å². The molecule has 1 aromatic carbocycles. The molecule has 0 saturated heterocycles. The van der Waals surface area contributed by atoms with Crippen LogP contribution in [0.1, 0.15) is 21.7 Å². The lowest BCUT2D eigenvalue weighted by Crippen LogP contribution is -2.25. The van der Waals surface area contributed by atoms with Crippen LogP contribution in [0.25, 0.3) is 0 Å². The van der Waals surface area contributed by atoms with Crippen molar-refractivity contribution in [2.45, 2.75) is 6.42 Å². The van der Waals surface area contributed by atoms with Gasteiger partial charge in [-0.3, -0.25) is 4.79 Å². The molecule has 0 spiro atoms. The molecule has 108 valence electrons. The molecule has 0 bridgehead atoms. The Hall–Kier alpha value is -2.36. The van der Waals surface area contributed by atoms with Crippen LogP contribution in [0.4, 0.5) is 0 Å². The van der Waals surface area contributed by atoms with Gasteiger partial charge in [-0.1, -0.05) is 28.6 Å². The van der Waals surface area contributed by atoms with Crippen LogP contribution in [0.15, 0.2) is 29.1 Å². The normalized spacial score (nSPS) is 9.81. The molecule has 6 nitrogen and oxygen atoms in total. The van der Waals surface area contributed by atoms with Crippen LogP contribution >= 0.6 is 11.6 Å². The Kier molecular flexibility index (Phi) is 5.32. The maximum atomic E-state index is 12.0. The van der Waals surface area contributed by atoms with Gasteiger partial charge in [-0.25, -0.2) is 0 Å². The molecule has 2 rings (SSSR count). The third-order valence-corrected chi connectivity index (χ3v) is 2.91. The van der Waals surface area contributed by atoms with E-state index in [9.17, 15) is 4.79 Å². The van der Waals surface area contributed by atoms with Gasteiger partial charge in [0, 0.05) is 24.1 Å². The number of nitrogens with one attached hydrogen (secondary N) is 1. The van der Waals surface area contributed by atoms with Crippen LogP contribution < -0.4 is 11.1 Å². The second kappa shape index (κ2) is 7.43. The Morgan fingerprint density at radius 1 is 1.48 bits per heavy atom. The van der Waals surface area contributed by atoms with E-state index in [2.05, 4.69) is 31.8 Å². The highest BCUT2D eigenvalue weighted by Gasteiger charge is 2.08. The zero-order valence-corrected chi connectivity index (χ0v) is 11.9. The van der Waals surface area contributed by atoms with Gasteiger partial charge in [-0.15, -0.1) is 0 Å². The molecule has 0 aliphatic carbocycles. The van der Waals surface area contributed by atoms with Crippen LogP contribution in [0, 0.1) is 11.8 Å². The Balaban J connectivity index is 1.94. The van der Waals surface area contributed by atoms with Crippen molar-refractivity contribution in [1.82, 2.24) is 15.5 Å². The summed E-state index contributed by atoms with van der Waals surface area (Å²) in [5, 5.41) is 6.83. The molecule has 0 radical (unpaired) electrons. The molecule has 0 aliphatic rings. The fourth-order valence-corrected chi connectivity index (χ4v) is 1.82. The lowest BCUT2D eigenvalue weighted by atomic mass is 10.1.